The molecule has 0 unspecified atom stereocenters. The first-order chi connectivity index (χ1) is 16.4. The van der Waals surface area contributed by atoms with Gasteiger partial charge in [-0.15, -0.1) is 0 Å². The van der Waals surface area contributed by atoms with Gasteiger partial charge in [0.05, 0.1) is 29.6 Å². The molecule has 0 atom stereocenters. The van der Waals surface area contributed by atoms with E-state index < -0.39 is 0 Å². The van der Waals surface area contributed by atoms with Crippen molar-refractivity contribution in [2.45, 2.75) is 58.8 Å². The number of rotatable bonds is 5. The SMILES string of the molecule is CC(C)(C)COC=O.N#Cc1ccnc(-c2cc(C3CC3)c3c(N4CCCCC4)ncnn23)c1. The van der Waals surface area contributed by atoms with Crippen molar-refractivity contribution >= 4 is 17.8 Å². The molecule has 1 saturated heterocycles. The maximum atomic E-state index is 9.63. The van der Waals surface area contributed by atoms with Crippen LogP contribution in [0.15, 0.2) is 30.7 Å². The zero-order valence-corrected chi connectivity index (χ0v) is 20.2. The van der Waals surface area contributed by atoms with Crippen molar-refractivity contribution in [1.82, 2.24) is 19.6 Å². The van der Waals surface area contributed by atoms with Crippen molar-refractivity contribution in [3.8, 4) is 17.5 Å². The normalized spacial score (nSPS) is 15.9. The fourth-order valence-corrected chi connectivity index (χ4v) is 4.21. The molecule has 1 aliphatic heterocycles. The fourth-order valence-electron chi connectivity index (χ4n) is 4.21. The Hall–Kier alpha value is -3.47. The summed E-state index contributed by atoms with van der Waals surface area (Å²) < 4.78 is 6.50. The number of nitrogens with zero attached hydrogens (tertiary/aromatic N) is 6. The van der Waals surface area contributed by atoms with E-state index in [4.69, 9.17) is 0 Å². The number of hydrogen-bond donors (Lipinski definition) is 0. The van der Waals surface area contributed by atoms with E-state index in [1.165, 1.54) is 37.7 Å². The topological polar surface area (TPSA) is 96.4 Å². The number of ether oxygens (including phenoxy) is 1. The lowest BCUT2D eigenvalue weighted by molar-refractivity contribution is -0.131. The van der Waals surface area contributed by atoms with E-state index >= 15 is 0 Å². The summed E-state index contributed by atoms with van der Waals surface area (Å²) >= 11 is 0. The monoisotopic (exact) mass is 460 g/mol. The molecule has 1 saturated carbocycles. The molecule has 5 rings (SSSR count). The van der Waals surface area contributed by atoms with Gasteiger partial charge >= 0.3 is 0 Å². The number of aromatic nitrogens is 4. The summed E-state index contributed by atoms with van der Waals surface area (Å²) in [5.41, 5.74) is 4.89. The molecule has 34 heavy (non-hydrogen) atoms. The number of hydrogen-bond acceptors (Lipinski definition) is 7. The molecule has 1 aliphatic carbocycles. The number of fused-ring (bicyclic) bond motifs is 1. The lowest BCUT2D eigenvalue weighted by Crippen LogP contribution is -2.30. The second kappa shape index (κ2) is 10.2. The maximum absolute atomic E-state index is 9.63. The van der Waals surface area contributed by atoms with Crippen molar-refractivity contribution in [2.24, 2.45) is 5.41 Å². The molecule has 3 aromatic rings. The van der Waals surface area contributed by atoms with Crippen molar-refractivity contribution in [3.05, 3.63) is 41.9 Å². The molecule has 0 aromatic carbocycles. The summed E-state index contributed by atoms with van der Waals surface area (Å²) in [7, 11) is 0. The third kappa shape index (κ3) is 5.53. The number of carbonyl (C=O) groups is 1. The van der Waals surface area contributed by atoms with E-state index in [1.54, 1.807) is 18.6 Å². The van der Waals surface area contributed by atoms with Gasteiger partial charge in [0.15, 0.2) is 5.82 Å². The molecule has 0 bridgehead atoms. The number of piperidine rings is 1. The quantitative estimate of drug-likeness (QED) is 0.508. The first-order valence-electron chi connectivity index (χ1n) is 11.9. The predicted molar refractivity (Wildman–Crippen MR) is 130 cm³/mol. The van der Waals surface area contributed by atoms with Gasteiger partial charge in [-0.2, -0.15) is 10.4 Å². The summed E-state index contributed by atoms with van der Waals surface area (Å²) in [5.74, 6) is 1.64. The average molecular weight is 461 g/mol. The van der Waals surface area contributed by atoms with E-state index in [0.717, 1.165) is 35.8 Å². The standard InChI is InChI=1S/C20H20N6.C6H12O2/c21-12-14-6-7-22-17(10-14)18-11-16(15-4-5-15)19-20(23-13-24-26(18)19)25-8-2-1-3-9-25;1-6(2,3)4-8-5-7/h6-7,10-11,13,15H,1-5,8-9H2;5H,4H2,1-3H3. The van der Waals surface area contributed by atoms with E-state index in [1.807, 2.05) is 31.4 Å². The minimum atomic E-state index is 0.0981. The largest absolute Gasteiger partial charge is 0.467 e. The molecule has 8 heteroatoms. The number of anilines is 1. The highest BCUT2D eigenvalue weighted by molar-refractivity contribution is 5.80. The molecule has 2 fully saturated rings. The van der Waals surface area contributed by atoms with E-state index in [0.29, 0.717) is 24.6 Å². The zero-order valence-electron chi connectivity index (χ0n) is 20.2. The van der Waals surface area contributed by atoms with Gasteiger partial charge < -0.3 is 9.64 Å². The Morgan fingerprint density at radius 1 is 1.18 bits per heavy atom. The smallest absolute Gasteiger partial charge is 0.293 e. The van der Waals surface area contributed by atoms with Crippen LogP contribution in [0.1, 0.15) is 69.9 Å². The first kappa shape index (κ1) is 23.7. The molecule has 2 aliphatic rings. The molecule has 8 nitrogen and oxygen atoms in total. The Morgan fingerprint density at radius 3 is 2.56 bits per heavy atom. The Balaban J connectivity index is 0.000000297. The van der Waals surface area contributed by atoms with Crippen LogP contribution < -0.4 is 4.90 Å². The van der Waals surface area contributed by atoms with Gasteiger partial charge in [-0.25, -0.2) is 9.50 Å². The Labute approximate surface area is 200 Å². The third-order valence-corrected chi connectivity index (χ3v) is 5.97. The molecule has 0 radical (unpaired) electrons. The number of carbonyl (C=O) groups excluding carboxylic acids is 1. The van der Waals surface area contributed by atoms with Crippen LogP contribution in [0.2, 0.25) is 0 Å². The van der Waals surface area contributed by atoms with Crippen molar-refractivity contribution in [3.63, 3.8) is 0 Å². The van der Waals surface area contributed by atoms with E-state index in [-0.39, 0.29) is 5.41 Å². The van der Waals surface area contributed by atoms with Gasteiger partial charge in [-0.05, 0) is 67.2 Å². The fraction of sp³-hybridized carbons (Fsp3) is 0.500. The van der Waals surface area contributed by atoms with Gasteiger partial charge in [0.1, 0.15) is 11.8 Å². The molecule has 3 aromatic heterocycles. The van der Waals surface area contributed by atoms with Crippen molar-refractivity contribution in [1.29, 1.82) is 5.26 Å². The van der Waals surface area contributed by atoms with Gasteiger partial charge in [0.2, 0.25) is 0 Å². The highest BCUT2D eigenvalue weighted by atomic mass is 16.5. The highest BCUT2D eigenvalue weighted by Crippen LogP contribution is 2.46. The number of pyridine rings is 1. The zero-order chi connectivity index (χ0) is 24.1. The van der Waals surface area contributed by atoms with Crippen LogP contribution in [0, 0.1) is 16.7 Å². The van der Waals surface area contributed by atoms with Gasteiger partial charge in [0, 0.05) is 19.3 Å². The Morgan fingerprint density at radius 2 is 1.94 bits per heavy atom. The first-order valence-corrected chi connectivity index (χ1v) is 11.9. The van der Waals surface area contributed by atoms with Gasteiger partial charge in [0.25, 0.3) is 6.47 Å². The van der Waals surface area contributed by atoms with E-state index in [9.17, 15) is 10.1 Å². The van der Waals surface area contributed by atoms with Gasteiger partial charge in [-0.3, -0.25) is 9.78 Å². The minimum absolute atomic E-state index is 0.0981. The van der Waals surface area contributed by atoms with Crippen LogP contribution in [0.5, 0.6) is 0 Å². The molecular formula is C26H32N6O2. The number of nitriles is 1. The Kier molecular flexibility index (Phi) is 7.11. The van der Waals surface area contributed by atoms with Crippen LogP contribution in [0.25, 0.3) is 16.9 Å². The highest BCUT2D eigenvalue weighted by Gasteiger charge is 2.31. The van der Waals surface area contributed by atoms with Crippen LogP contribution in [0.4, 0.5) is 5.82 Å². The molecule has 178 valence electrons. The molecule has 4 heterocycles. The van der Waals surface area contributed by atoms with Crippen LogP contribution in [-0.4, -0.2) is 45.8 Å². The summed E-state index contributed by atoms with van der Waals surface area (Å²) in [6.45, 7) is 9.12. The third-order valence-electron chi connectivity index (χ3n) is 5.97. The summed E-state index contributed by atoms with van der Waals surface area (Å²) in [6, 6.07) is 7.97. The predicted octanol–water partition coefficient (Wildman–Crippen LogP) is 4.74. The average Bonchev–Trinajstić information content (AvgIpc) is 3.63. The summed E-state index contributed by atoms with van der Waals surface area (Å²) in [5, 5.41) is 13.8. The lowest BCUT2D eigenvalue weighted by atomic mass is 9.99. The molecule has 0 N–H and O–H groups in total. The maximum Gasteiger partial charge on any atom is 0.293 e. The second-order valence-electron chi connectivity index (χ2n) is 10.2. The summed E-state index contributed by atoms with van der Waals surface area (Å²) in [6.07, 6.45) is 9.51. The second-order valence-corrected chi connectivity index (χ2v) is 10.2. The van der Waals surface area contributed by atoms with Crippen LogP contribution in [-0.2, 0) is 9.53 Å². The molecular weight excluding hydrogens is 428 g/mol. The molecule has 0 amide bonds. The van der Waals surface area contributed by atoms with Gasteiger partial charge in [-0.1, -0.05) is 20.8 Å². The minimum Gasteiger partial charge on any atom is -0.467 e. The van der Waals surface area contributed by atoms with Crippen molar-refractivity contribution < 1.29 is 9.53 Å². The lowest BCUT2D eigenvalue weighted by Gasteiger charge is -2.28. The molecule has 0 spiro atoms. The van der Waals surface area contributed by atoms with E-state index in [2.05, 4.69) is 36.8 Å². The Bertz CT molecular complexity index is 1180. The van der Waals surface area contributed by atoms with Crippen LogP contribution in [0.3, 0.4) is 0 Å². The van der Waals surface area contributed by atoms with Crippen LogP contribution >= 0.6 is 0 Å². The van der Waals surface area contributed by atoms with Crippen molar-refractivity contribution in [2.75, 3.05) is 24.6 Å². The summed E-state index contributed by atoms with van der Waals surface area (Å²) in [4.78, 5) is 21.2.